The molecule has 8 bridgehead atoms. The predicted molar refractivity (Wildman–Crippen MR) is 217 cm³/mol. The minimum Gasteiger partial charge on any atom is -0.657 e. The fraction of sp³-hybridized carbons (Fsp3) is 0. The molecule has 0 spiro atoms. The van der Waals surface area contributed by atoms with Crippen molar-refractivity contribution in [3.63, 3.8) is 0 Å². The quantitative estimate of drug-likeness (QED) is 0.127. The maximum absolute atomic E-state index is 5.48. The topological polar surface area (TPSA) is 54.0 Å². The number of hydrogen-bond acceptors (Lipinski definition) is 2. The molecule has 3 aromatic heterocycles. The van der Waals surface area contributed by atoms with E-state index in [0.717, 1.165) is 94.9 Å². The number of allylic oxidation sites excluding steroid dienone is 4. The molecule has 5 heterocycles. The van der Waals surface area contributed by atoms with Gasteiger partial charge in [-0.15, -0.1) is 22.1 Å². The van der Waals surface area contributed by atoms with Crippen molar-refractivity contribution >= 4 is 45.9 Å². The zero-order valence-corrected chi connectivity index (χ0v) is 29.6. The molecule has 53 heavy (non-hydrogen) atoms. The van der Waals surface area contributed by atoms with E-state index in [2.05, 4.69) is 152 Å². The molecule has 2 aliphatic rings. The van der Waals surface area contributed by atoms with Crippen LogP contribution in [0.4, 0.5) is 0 Å². The van der Waals surface area contributed by atoms with Crippen molar-refractivity contribution in [2.45, 2.75) is 0 Å². The molecule has 0 atom stereocenters. The molecule has 0 saturated heterocycles. The first kappa shape index (κ1) is 33.6. The van der Waals surface area contributed by atoms with Crippen LogP contribution in [0.1, 0.15) is 22.8 Å². The standard InChI is InChI=1S/C48H32N4.Ni/c1-2-3-16-36-31-43-46(34-21-12-6-13-22-34)41-28-27-39(50-41)44(32-17-8-4-9-18-32)37-25-26-38(49-37)45(33-19-10-5-11-20-33)40-29-30-42(51-40)47(48(36)52-43)35-23-14-7-15-24-35;/h2-31H,1H2;/q-2;+2/b16-3+,44-37?,44-39?,45-38?,45-40?,46-41?,46-43?,47-42?,48-47?;. The van der Waals surface area contributed by atoms with E-state index < -0.39 is 0 Å². The van der Waals surface area contributed by atoms with Gasteiger partial charge in [-0.25, -0.2) is 9.97 Å². The fourth-order valence-electron chi connectivity index (χ4n) is 7.09. The second kappa shape index (κ2) is 14.6. The summed E-state index contributed by atoms with van der Waals surface area (Å²) in [5.74, 6) is 0. The Morgan fingerprint density at radius 1 is 0.434 bits per heavy atom. The Labute approximate surface area is 318 Å². The van der Waals surface area contributed by atoms with Gasteiger partial charge in [0.1, 0.15) is 0 Å². The van der Waals surface area contributed by atoms with Crippen LogP contribution >= 0.6 is 0 Å². The van der Waals surface area contributed by atoms with Crippen LogP contribution in [0, 0.1) is 0 Å². The van der Waals surface area contributed by atoms with Crippen LogP contribution < -0.4 is 9.97 Å². The summed E-state index contributed by atoms with van der Waals surface area (Å²) in [4.78, 5) is 21.6. The van der Waals surface area contributed by atoms with Crippen LogP contribution in [0.5, 0.6) is 0 Å². The van der Waals surface area contributed by atoms with Crippen LogP contribution in [0.3, 0.4) is 0 Å². The van der Waals surface area contributed by atoms with Crippen molar-refractivity contribution in [2.75, 3.05) is 0 Å². The molecule has 4 nitrogen and oxygen atoms in total. The van der Waals surface area contributed by atoms with Gasteiger partial charge in [0, 0.05) is 5.57 Å². The van der Waals surface area contributed by atoms with Gasteiger partial charge in [0.2, 0.25) is 0 Å². The summed E-state index contributed by atoms with van der Waals surface area (Å²) < 4.78 is 0. The Bertz CT molecular complexity index is 2720. The molecule has 0 saturated carbocycles. The smallest absolute Gasteiger partial charge is 0.657 e. The van der Waals surface area contributed by atoms with Gasteiger partial charge in [-0.05, 0) is 62.7 Å². The van der Waals surface area contributed by atoms with Gasteiger partial charge >= 0.3 is 16.5 Å². The van der Waals surface area contributed by atoms with E-state index in [1.165, 1.54) is 0 Å². The Morgan fingerprint density at radius 3 is 1.23 bits per heavy atom. The number of aromatic nitrogens is 4. The van der Waals surface area contributed by atoms with E-state index in [1.54, 1.807) is 6.08 Å². The zero-order chi connectivity index (χ0) is 34.9. The van der Waals surface area contributed by atoms with Gasteiger partial charge in [-0.2, -0.15) is 0 Å². The molecule has 5 heteroatoms. The van der Waals surface area contributed by atoms with Gasteiger partial charge < -0.3 is 9.97 Å². The molecular weight excluding hydrogens is 691 g/mol. The normalized spacial score (nSPS) is 12.0. The van der Waals surface area contributed by atoms with E-state index >= 15 is 0 Å². The Hall–Kier alpha value is -6.55. The number of hydrogen-bond donors (Lipinski definition) is 0. The predicted octanol–water partition coefficient (Wildman–Crippen LogP) is 11.7. The van der Waals surface area contributed by atoms with Crippen molar-refractivity contribution in [3.8, 4) is 44.5 Å². The largest absolute Gasteiger partial charge is 2.00 e. The SMILES string of the molecule is C=C/C=C/C1=Cc2nc1c(-c1ccccc1)c1ccc([n-]1)c(-c1ccccc1)c1nc(c(-c3ccccc3)c3ccc([n-]3)c2-c2ccccc2)C=C1.[Ni+2]. The molecule has 0 amide bonds. The van der Waals surface area contributed by atoms with Gasteiger partial charge in [-0.3, -0.25) is 0 Å². The summed E-state index contributed by atoms with van der Waals surface area (Å²) in [6.07, 6.45) is 12.2. The third kappa shape index (κ3) is 6.33. The molecule has 2 aliphatic heterocycles. The number of nitrogens with zero attached hydrogens (tertiary/aromatic N) is 4. The van der Waals surface area contributed by atoms with Crippen molar-refractivity contribution in [1.29, 1.82) is 0 Å². The molecule has 0 radical (unpaired) electrons. The van der Waals surface area contributed by atoms with Gasteiger partial charge in [0.25, 0.3) is 0 Å². The second-order valence-electron chi connectivity index (χ2n) is 12.7. The average Bonchev–Trinajstić information content (AvgIpc) is 4.03. The first-order chi connectivity index (χ1) is 25.7. The fourth-order valence-corrected chi connectivity index (χ4v) is 7.09. The van der Waals surface area contributed by atoms with Crippen LogP contribution in [0.25, 0.3) is 90.4 Å². The van der Waals surface area contributed by atoms with E-state index in [4.69, 9.17) is 19.9 Å². The molecule has 0 N–H and O–H groups in total. The number of fused-ring (bicyclic) bond motifs is 8. The minimum absolute atomic E-state index is 0. The van der Waals surface area contributed by atoms with Crippen molar-refractivity contribution in [1.82, 2.24) is 19.9 Å². The molecule has 7 aromatic rings. The summed E-state index contributed by atoms with van der Waals surface area (Å²) in [7, 11) is 0. The Balaban J connectivity index is 0.00000400. The monoisotopic (exact) mass is 722 g/mol. The zero-order valence-electron chi connectivity index (χ0n) is 28.6. The molecular formula is C48H32N4Ni. The molecule has 0 unspecified atom stereocenters. The maximum Gasteiger partial charge on any atom is 2.00 e. The molecule has 0 aliphatic carbocycles. The summed E-state index contributed by atoms with van der Waals surface area (Å²) in [5, 5.41) is 0. The summed E-state index contributed by atoms with van der Waals surface area (Å²) >= 11 is 0. The van der Waals surface area contributed by atoms with Gasteiger partial charge in [0.15, 0.2) is 0 Å². The summed E-state index contributed by atoms with van der Waals surface area (Å²) in [6, 6.07) is 50.0. The van der Waals surface area contributed by atoms with Crippen LogP contribution in [-0.2, 0) is 16.5 Å². The van der Waals surface area contributed by atoms with E-state index in [9.17, 15) is 0 Å². The Kier molecular flexibility index (Phi) is 9.25. The van der Waals surface area contributed by atoms with Gasteiger partial charge in [-0.1, -0.05) is 170 Å². The van der Waals surface area contributed by atoms with Crippen molar-refractivity contribution in [2.24, 2.45) is 0 Å². The van der Waals surface area contributed by atoms with E-state index in [-0.39, 0.29) is 16.5 Å². The molecule has 0 fully saturated rings. The maximum atomic E-state index is 5.48. The van der Waals surface area contributed by atoms with Crippen LogP contribution in [0.15, 0.2) is 170 Å². The molecule has 4 aromatic carbocycles. The average molecular weight is 724 g/mol. The number of benzene rings is 4. The minimum atomic E-state index is 0. The third-order valence-electron chi connectivity index (χ3n) is 9.41. The molecule has 9 rings (SSSR count). The first-order valence-corrected chi connectivity index (χ1v) is 17.4. The number of rotatable bonds is 6. The van der Waals surface area contributed by atoms with Gasteiger partial charge in [0.05, 0.1) is 22.8 Å². The summed E-state index contributed by atoms with van der Waals surface area (Å²) in [6.45, 7) is 3.97. The summed E-state index contributed by atoms with van der Waals surface area (Å²) in [5.41, 5.74) is 15.6. The van der Waals surface area contributed by atoms with E-state index in [1.807, 2.05) is 30.3 Å². The Morgan fingerprint density at radius 2 is 0.811 bits per heavy atom. The van der Waals surface area contributed by atoms with Crippen LogP contribution in [-0.4, -0.2) is 9.97 Å². The third-order valence-corrected chi connectivity index (χ3v) is 9.41. The second-order valence-corrected chi connectivity index (χ2v) is 12.7. The van der Waals surface area contributed by atoms with Crippen LogP contribution in [0.2, 0.25) is 0 Å². The van der Waals surface area contributed by atoms with Crippen molar-refractivity contribution in [3.05, 3.63) is 193 Å². The molecule has 254 valence electrons. The van der Waals surface area contributed by atoms with Crippen molar-refractivity contribution < 1.29 is 16.5 Å². The van der Waals surface area contributed by atoms with E-state index in [0.29, 0.717) is 0 Å². The first-order valence-electron chi connectivity index (χ1n) is 17.4.